The molecule has 1 amide bonds. The number of amides is 1. The number of fused-ring (bicyclic) bond motifs is 3. The molecule has 1 aliphatic rings. The molecule has 0 unspecified atom stereocenters. The van der Waals surface area contributed by atoms with Gasteiger partial charge in [0.15, 0.2) is 0 Å². The topological polar surface area (TPSA) is 101 Å². The van der Waals surface area contributed by atoms with Crippen LogP contribution in [0.1, 0.15) is 33.3 Å². The van der Waals surface area contributed by atoms with Gasteiger partial charge in [-0.1, -0.05) is 6.07 Å². The van der Waals surface area contributed by atoms with Crippen molar-refractivity contribution in [2.75, 3.05) is 51.1 Å². The van der Waals surface area contributed by atoms with Crippen molar-refractivity contribution in [2.45, 2.75) is 38.3 Å². The number of hydrogen-bond donors (Lipinski definition) is 0. The molecule has 0 radical (unpaired) electrons. The van der Waals surface area contributed by atoms with Crippen molar-refractivity contribution >= 4 is 45.2 Å². The van der Waals surface area contributed by atoms with Crippen LogP contribution in [0.5, 0.6) is 11.6 Å². The highest BCUT2D eigenvalue weighted by atomic mass is 32.2. The molecular weight excluding hydrogens is 550 g/mol. The van der Waals surface area contributed by atoms with Gasteiger partial charge in [0.1, 0.15) is 22.4 Å². The Morgan fingerprint density at radius 1 is 1.05 bits per heavy atom. The Kier molecular flexibility index (Phi) is 8.32. The molecular formula is C32H35N5O4S. The summed E-state index contributed by atoms with van der Waals surface area (Å²) in [5.41, 5.74) is 3.28. The molecule has 3 heterocycles. The maximum absolute atomic E-state index is 12.6. The number of aromatic nitrogens is 2. The first-order chi connectivity index (χ1) is 20.2. The number of hydrogen-bond acceptors (Lipinski definition) is 9. The zero-order valence-electron chi connectivity index (χ0n) is 24.9. The Bertz CT molecular complexity index is 1670. The van der Waals surface area contributed by atoms with Gasteiger partial charge in [0.2, 0.25) is 5.88 Å². The van der Waals surface area contributed by atoms with Crippen molar-refractivity contribution in [3.8, 4) is 29.0 Å². The van der Waals surface area contributed by atoms with Crippen LogP contribution in [0.25, 0.3) is 32.9 Å². The smallest absolute Gasteiger partial charge is 0.410 e. The molecule has 1 saturated heterocycles. The Morgan fingerprint density at radius 3 is 2.36 bits per heavy atom. The van der Waals surface area contributed by atoms with E-state index in [0.717, 1.165) is 33.3 Å². The second-order valence-corrected chi connectivity index (χ2v) is 11.7. The molecule has 2 aromatic carbocycles. The van der Waals surface area contributed by atoms with Crippen LogP contribution in [0.15, 0.2) is 47.5 Å². The van der Waals surface area contributed by atoms with Gasteiger partial charge in [-0.15, -0.1) is 11.8 Å². The Morgan fingerprint density at radius 2 is 1.76 bits per heavy atom. The zero-order valence-corrected chi connectivity index (χ0v) is 25.7. The largest absolute Gasteiger partial charge is 0.497 e. The molecule has 2 aromatic heterocycles. The van der Waals surface area contributed by atoms with E-state index in [4.69, 9.17) is 24.2 Å². The maximum atomic E-state index is 12.6. The summed E-state index contributed by atoms with van der Waals surface area (Å²) in [5.74, 6) is 1.18. The number of thioether (sulfide) groups is 1. The van der Waals surface area contributed by atoms with Gasteiger partial charge in [-0.05, 0) is 70.3 Å². The monoisotopic (exact) mass is 585 g/mol. The molecule has 0 spiro atoms. The van der Waals surface area contributed by atoms with Crippen molar-refractivity contribution in [1.29, 1.82) is 5.26 Å². The SMILES string of the molecule is CCOc1nc2cc(N3CCN(C(=O)OC(C)(C)C)CC3)ccc2c2c(C#N)c(SC)nc(-c3ccc(OC)cc3)c12. The molecule has 0 aliphatic carbocycles. The molecule has 1 fully saturated rings. The number of piperazine rings is 1. The van der Waals surface area contributed by atoms with Crippen LogP contribution < -0.4 is 14.4 Å². The molecule has 9 nitrogen and oxygen atoms in total. The lowest BCUT2D eigenvalue weighted by Crippen LogP contribution is -2.50. The number of nitriles is 1. The fourth-order valence-corrected chi connectivity index (χ4v) is 5.69. The third-order valence-electron chi connectivity index (χ3n) is 7.10. The van der Waals surface area contributed by atoms with Crippen molar-refractivity contribution in [2.24, 2.45) is 0 Å². The van der Waals surface area contributed by atoms with Crippen LogP contribution >= 0.6 is 11.8 Å². The van der Waals surface area contributed by atoms with Gasteiger partial charge in [0, 0.05) is 48.2 Å². The summed E-state index contributed by atoms with van der Waals surface area (Å²) in [6, 6.07) is 16.2. The van der Waals surface area contributed by atoms with E-state index in [-0.39, 0.29) is 6.09 Å². The van der Waals surface area contributed by atoms with Gasteiger partial charge in [-0.2, -0.15) is 5.26 Å². The van der Waals surface area contributed by atoms with Crippen LogP contribution in [0.3, 0.4) is 0 Å². The summed E-state index contributed by atoms with van der Waals surface area (Å²) in [7, 11) is 1.63. The standard InChI is InChI=1S/C32H35N5O4S/c1-7-40-29-27-26(24(19-33)30(42-6)35-28(27)20-8-11-22(39-5)12-9-20)23-13-10-21(18-25(23)34-29)36-14-16-37(17-15-36)31(38)41-32(2,3)4/h8-13,18H,7,14-17H2,1-6H3. The van der Waals surface area contributed by atoms with Gasteiger partial charge in [0.05, 0.1) is 35.9 Å². The quantitative estimate of drug-likeness (QED) is 0.185. The Balaban J connectivity index is 1.61. The molecule has 0 atom stereocenters. The van der Waals surface area contributed by atoms with E-state index in [1.165, 1.54) is 11.8 Å². The van der Waals surface area contributed by atoms with Crippen molar-refractivity contribution in [1.82, 2.24) is 14.9 Å². The summed E-state index contributed by atoms with van der Waals surface area (Å²) in [6.07, 6.45) is 1.64. The molecule has 10 heteroatoms. The number of benzene rings is 2. The zero-order chi connectivity index (χ0) is 30.0. The predicted octanol–water partition coefficient (Wildman–Crippen LogP) is 6.51. The Labute approximate surface area is 250 Å². The lowest BCUT2D eigenvalue weighted by atomic mass is 9.98. The number of carbonyl (C=O) groups excluding carboxylic acids is 1. The molecule has 4 aromatic rings. The minimum atomic E-state index is -0.527. The van der Waals surface area contributed by atoms with E-state index < -0.39 is 5.60 Å². The highest BCUT2D eigenvalue weighted by Crippen LogP contribution is 2.42. The average molecular weight is 586 g/mol. The number of nitrogens with zero attached hydrogens (tertiary/aromatic N) is 5. The number of anilines is 1. The normalized spacial score (nSPS) is 13.7. The molecule has 0 N–H and O–H groups in total. The number of methoxy groups -OCH3 is 1. The highest BCUT2D eigenvalue weighted by Gasteiger charge is 2.27. The second kappa shape index (κ2) is 11.9. The Hall–Kier alpha value is -4.23. The van der Waals surface area contributed by atoms with E-state index >= 15 is 0 Å². The first-order valence-corrected chi connectivity index (χ1v) is 15.2. The van der Waals surface area contributed by atoms with Gasteiger partial charge >= 0.3 is 6.09 Å². The minimum absolute atomic E-state index is 0.287. The fraction of sp³-hybridized carbons (Fsp3) is 0.375. The number of carbonyl (C=O) groups is 1. The second-order valence-electron chi connectivity index (χ2n) is 10.9. The molecule has 5 rings (SSSR count). The van der Waals surface area contributed by atoms with E-state index in [0.29, 0.717) is 60.3 Å². The first-order valence-electron chi connectivity index (χ1n) is 13.9. The average Bonchev–Trinajstić information content (AvgIpc) is 2.99. The molecule has 218 valence electrons. The first kappa shape index (κ1) is 29.3. The fourth-order valence-electron chi connectivity index (χ4n) is 5.15. The maximum Gasteiger partial charge on any atom is 0.410 e. The van der Waals surface area contributed by atoms with Crippen LogP contribution in [-0.4, -0.2) is 72.7 Å². The van der Waals surface area contributed by atoms with Gasteiger partial charge in [-0.3, -0.25) is 0 Å². The van der Waals surface area contributed by atoms with Gasteiger partial charge in [0.25, 0.3) is 0 Å². The molecule has 0 saturated carbocycles. The third-order valence-corrected chi connectivity index (χ3v) is 7.78. The van der Waals surface area contributed by atoms with Crippen LogP contribution in [0, 0.1) is 11.3 Å². The van der Waals surface area contributed by atoms with Crippen molar-refractivity contribution < 1.29 is 19.0 Å². The molecule has 0 bridgehead atoms. The van der Waals surface area contributed by atoms with E-state index in [2.05, 4.69) is 17.0 Å². The molecule has 1 aliphatic heterocycles. The van der Waals surface area contributed by atoms with E-state index in [1.807, 2.05) is 70.3 Å². The van der Waals surface area contributed by atoms with Crippen LogP contribution in [0.2, 0.25) is 0 Å². The van der Waals surface area contributed by atoms with Gasteiger partial charge < -0.3 is 24.0 Å². The van der Waals surface area contributed by atoms with E-state index in [1.54, 1.807) is 12.0 Å². The highest BCUT2D eigenvalue weighted by molar-refractivity contribution is 7.98. The van der Waals surface area contributed by atoms with Gasteiger partial charge in [-0.25, -0.2) is 14.8 Å². The summed E-state index contributed by atoms with van der Waals surface area (Å²) in [6.45, 7) is 10.4. The summed E-state index contributed by atoms with van der Waals surface area (Å²) >= 11 is 1.44. The molecule has 42 heavy (non-hydrogen) atoms. The number of rotatable bonds is 6. The summed E-state index contributed by atoms with van der Waals surface area (Å²) < 4.78 is 17.0. The van der Waals surface area contributed by atoms with Crippen molar-refractivity contribution in [3.05, 3.63) is 48.0 Å². The number of pyridine rings is 2. The van der Waals surface area contributed by atoms with E-state index in [9.17, 15) is 10.1 Å². The number of ether oxygens (including phenoxy) is 3. The predicted molar refractivity (Wildman–Crippen MR) is 167 cm³/mol. The van der Waals surface area contributed by atoms with Crippen LogP contribution in [0.4, 0.5) is 10.5 Å². The lowest BCUT2D eigenvalue weighted by molar-refractivity contribution is 0.0240. The summed E-state index contributed by atoms with van der Waals surface area (Å²) in [4.78, 5) is 26.4. The van der Waals surface area contributed by atoms with Crippen LogP contribution in [-0.2, 0) is 4.74 Å². The summed E-state index contributed by atoms with van der Waals surface area (Å²) in [5, 5.41) is 13.3. The lowest BCUT2D eigenvalue weighted by Gasteiger charge is -2.36. The third kappa shape index (κ3) is 5.74. The minimum Gasteiger partial charge on any atom is -0.497 e. The van der Waals surface area contributed by atoms with Crippen molar-refractivity contribution in [3.63, 3.8) is 0 Å².